The quantitative estimate of drug-likeness (QED) is 0.462. The molecule has 0 unspecified atom stereocenters. The van der Waals surface area contributed by atoms with Crippen molar-refractivity contribution >= 4 is 23.1 Å². The summed E-state index contributed by atoms with van der Waals surface area (Å²) < 4.78 is 0. The van der Waals surface area contributed by atoms with Gasteiger partial charge in [0.15, 0.2) is 0 Å². The third-order valence-corrected chi connectivity index (χ3v) is 2.63. The van der Waals surface area contributed by atoms with E-state index in [4.69, 9.17) is 11.6 Å². The average Bonchev–Trinajstić information content (AvgIpc) is 2.25. The lowest BCUT2D eigenvalue weighted by atomic mass is 10.1. The number of rotatable bonds is 5. The summed E-state index contributed by atoms with van der Waals surface area (Å²) in [6, 6.07) is 2.82. The van der Waals surface area contributed by atoms with Gasteiger partial charge in [-0.15, -0.1) is 0 Å². The maximum absolute atomic E-state index is 10.9. The van der Waals surface area contributed by atoms with Crippen LogP contribution in [0.3, 0.4) is 0 Å². The molecule has 94 valence electrons. The van der Waals surface area contributed by atoms with Gasteiger partial charge < -0.3 is 4.90 Å². The molecule has 0 aliphatic carbocycles. The highest BCUT2D eigenvalue weighted by Gasteiger charge is 2.19. The van der Waals surface area contributed by atoms with Gasteiger partial charge in [0, 0.05) is 19.7 Å². The molecule has 1 rings (SSSR count). The predicted octanol–water partition coefficient (Wildman–Crippen LogP) is 3.13. The van der Waals surface area contributed by atoms with Crippen LogP contribution in [0.15, 0.2) is 12.1 Å². The molecule has 0 N–H and O–H groups in total. The summed E-state index contributed by atoms with van der Waals surface area (Å²) in [6.07, 6.45) is 0.946. The molecular weight excluding hydrogens is 242 g/mol. The molecule has 0 aliphatic rings. The number of nitrogens with zero attached hydrogens (tertiary/aromatic N) is 3. The van der Waals surface area contributed by atoms with E-state index in [0.717, 1.165) is 6.42 Å². The minimum absolute atomic E-state index is 0.0133. The molecular formula is C11H16ClN3O2. The maximum atomic E-state index is 10.9. The molecule has 0 aliphatic heterocycles. The smallest absolute Gasteiger partial charge is 0.311 e. The van der Waals surface area contributed by atoms with Crippen LogP contribution in [0.5, 0.6) is 0 Å². The van der Waals surface area contributed by atoms with Gasteiger partial charge in [0.25, 0.3) is 0 Å². The van der Waals surface area contributed by atoms with E-state index in [-0.39, 0.29) is 10.8 Å². The van der Waals surface area contributed by atoms with E-state index in [0.29, 0.717) is 18.3 Å². The Bertz CT molecular complexity index is 410. The number of anilines is 1. The van der Waals surface area contributed by atoms with Crippen LogP contribution in [0, 0.1) is 16.0 Å². The molecule has 0 fully saturated rings. The van der Waals surface area contributed by atoms with Gasteiger partial charge in [0.2, 0.25) is 5.82 Å². The molecule has 6 heteroatoms. The molecule has 0 bridgehead atoms. The summed E-state index contributed by atoms with van der Waals surface area (Å²) in [7, 11) is 1.79. The highest BCUT2D eigenvalue weighted by Crippen LogP contribution is 2.27. The highest BCUT2D eigenvalue weighted by atomic mass is 35.5. The fourth-order valence-electron chi connectivity index (χ4n) is 1.40. The Balaban J connectivity index is 2.94. The van der Waals surface area contributed by atoms with Crippen molar-refractivity contribution < 1.29 is 4.92 Å². The zero-order chi connectivity index (χ0) is 13.0. The third kappa shape index (κ3) is 3.85. The standard InChI is InChI=1S/C11H16ClN3O2/c1-8(2)6-7-14(3)11-9(15(16)17)4-5-10(12)13-11/h4-5,8H,6-7H2,1-3H3. The van der Waals surface area contributed by atoms with Crippen LogP contribution in [0.1, 0.15) is 20.3 Å². The Labute approximate surface area is 106 Å². The van der Waals surface area contributed by atoms with Gasteiger partial charge in [-0.05, 0) is 18.4 Å². The van der Waals surface area contributed by atoms with Crippen molar-refractivity contribution in [3.05, 3.63) is 27.4 Å². The molecule has 1 aromatic heterocycles. The highest BCUT2D eigenvalue weighted by molar-refractivity contribution is 6.29. The van der Waals surface area contributed by atoms with Crippen LogP contribution in [0.4, 0.5) is 11.5 Å². The fourth-order valence-corrected chi connectivity index (χ4v) is 1.54. The van der Waals surface area contributed by atoms with Gasteiger partial charge in [0.1, 0.15) is 5.15 Å². The zero-order valence-corrected chi connectivity index (χ0v) is 10.9. The van der Waals surface area contributed by atoms with Crippen molar-refractivity contribution in [2.75, 3.05) is 18.5 Å². The van der Waals surface area contributed by atoms with Gasteiger partial charge >= 0.3 is 5.69 Å². The van der Waals surface area contributed by atoms with E-state index in [1.807, 2.05) is 0 Å². The van der Waals surface area contributed by atoms with Gasteiger partial charge in [-0.1, -0.05) is 25.4 Å². The van der Waals surface area contributed by atoms with E-state index < -0.39 is 4.92 Å². The normalized spacial score (nSPS) is 10.6. The van der Waals surface area contributed by atoms with Crippen LogP contribution in [0.2, 0.25) is 5.15 Å². The number of hydrogen-bond donors (Lipinski definition) is 0. The molecule has 0 saturated carbocycles. The van der Waals surface area contributed by atoms with Gasteiger partial charge in [0.05, 0.1) is 4.92 Å². The van der Waals surface area contributed by atoms with Crippen LogP contribution in [0.25, 0.3) is 0 Å². The summed E-state index contributed by atoms with van der Waals surface area (Å²) in [5.74, 6) is 0.860. The first kappa shape index (κ1) is 13.7. The number of pyridine rings is 1. The van der Waals surface area contributed by atoms with Crippen molar-refractivity contribution in [3.63, 3.8) is 0 Å². The van der Waals surface area contributed by atoms with Crippen LogP contribution >= 0.6 is 11.6 Å². The van der Waals surface area contributed by atoms with E-state index >= 15 is 0 Å². The molecule has 1 aromatic rings. The Morgan fingerprint density at radius 3 is 2.71 bits per heavy atom. The number of halogens is 1. The largest absolute Gasteiger partial charge is 0.354 e. The Kier molecular flexibility index (Phi) is 4.69. The number of nitro groups is 1. The minimum Gasteiger partial charge on any atom is -0.354 e. The topological polar surface area (TPSA) is 59.3 Å². The van der Waals surface area contributed by atoms with Gasteiger partial charge in [-0.2, -0.15) is 0 Å². The van der Waals surface area contributed by atoms with E-state index in [2.05, 4.69) is 18.8 Å². The van der Waals surface area contributed by atoms with Gasteiger partial charge in [-0.25, -0.2) is 4.98 Å². The second-order valence-electron chi connectivity index (χ2n) is 4.34. The first-order valence-corrected chi connectivity index (χ1v) is 5.81. The minimum atomic E-state index is -0.440. The molecule has 0 saturated heterocycles. The zero-order valence-electron chi connectivity index (χ0n) is 10.2. The van der Waals surface area contributed by atoms with Crippen molar-refractivity contribution in [1.82, 2.24) is 4.98 Å². The second-order valence-corrected chi connectivity index (χ2v) is 4.73. The maximum Gasteiger partial charge on any atom is 0.311 e. The molecule has 17 heavy (non-hydrogen) atoms. The summed E-state index contributed by atoms with van der Waals surface area (Å²) in [5.41, 5.74) is -0.0133. The molecule has 0 spiro atoms. The average molecular weight is 258 g/mol. The fraction of sp³-hybridized carbons (Fsp3) is 0.545. The summed E-state index contributed by atoms with van der Waals surface area (Å²) in [4.78, 5) is 16.2. The second kappa shape index (κ2) is 5.82. The first-order valence-electron chi connectivity index (χ1n) is 5.44. The third-order valence-electron chi connectivity index (χ3n) is 2.42. The predicted molar refractivity (Wildman–Crippen MR) is 68.6 cm³/mol. The van der Waals surface area contributed by atoms with E-state index in [1.165, 1.54) is 12.1 Å². The van der Waals surface area contributed by atoms with E-state index in [1.54, 1.807) is 11.9 Å². The summed E-state index contributed by atoms with van der Waals surface area (Å²) in [5, 5.41) is 11.1. The van der Waals surface area contributed by atoms with Crippen molar-refractivity contribution in [1.29, 1.82) is 0 Å². The Morgan fingerprint density at radius 1 is 1.53 bits per heavy atom. The number of hydrogen-bond acceptors (Lipinski definition) is 4. The lowest BCUT2D eigenvalue weighted by Gasteiger charge is -2.19. The molecule has 0 aromatic carbocycles. The van der Waals surface area contributed by atoms with E-state index in [9.17, 15) is 10.1 Å². The van der Waals surface area contributed by atoms with Crippen molar-refractivity contribution in [3.8, 4) is 0 Å². The lowest BCUT2D eigenvalue weighted by Crippen LogP contribution is -2.22. The lowest BCUT2D eigenvalue weighted by molar-refractivity contribution is -0.384. The van der Waals surface area contributed by atoms with Crippen LogP contribution < -0.4 is 4.90 Å². The van der Waals surface area contributed by atoms with Crippen LogP contribution in [-0.4, -0.2) is 23.5 Å². The summed E-state index contributed by atoms with van der Waals surface area (Å²) >= 11 is 5.77. The number of aromatic nitrogens is 1. The van der Waals surface area contributed by atoms with Crippen LogP contribution in [-0.2, 0) is 0 Å². The Morgan fingerprint density at radius 2 is 2.18 bits per heavy atom. The molecule has 1 heterocycles. The SMILES string of the molecule is CC(C)CCN(C)c1nc(Cl)ccc1[N+](=O)[O-]. The van der Waals surface area contributed by atoms with Crippen molar-refractivity contribution in [2.45, 2.75) is 20.3 Å². The molecule has 0 atom stereocenters. The summed E-state index contributed by atoms with van der Waals surface area (Å²) in [6.45, 7) is 4.92. The monoisotopic (exact) mass is 257 g/mol. The molecule has 0 radical (unpaired) electrons. The van der Waals surface area contributed by atoms with Crippen molar-refractivity contribution in [2.24, 2.45) is 5.92 Å². The first-order chi connectivity index (χ1) is 7.91. The molecule has 5 nitrogen and oxygen atoms in total. The molecule has 0 amide bonds. The van der Waals surface area contributed by atoms with Gasteiger partial charge in [-0.3, -0.25) is 10.1 Å². The Hall–Kier alpha value is -1.36.